The molecule has 15 heteroatoms. The van der Waals surface area contributed by atoms with E-state index in [1.165, 1.54) is 12.1 Å². The standard InChI is InChI=1S/C20H25F3N6O4S2/c1-4-8-29-9-6-7-13-10-14(15(11-16(13)29)28-35(31,32)20(21,22)23)24-26-19-27-25-17(34-19)18(30)33-12(3)5-2/h10-12,28H,4-9H2,1-3H3. The molecule has 0 bridgehead atoms. The zero-order valence-corrected chi connectivity index (χ0v) is 20.9. The van der Waals surface area contributed by atoms with Crippen LogP contribution in [0.2, 0.25) is 0 Å². The van der Waals surface area contributed by atoms with Crippen LogP contribution in [0.15, 0.2) is 22.4 Å². The van der Waals surface area contributed by atoms with Gasteiger partial charge in [0.15, 0.2) is 0 Å². The quantitative estimate of drug-likeness (QED) is 0.340. The van der Waals surface area contributed by atoms with E-state index in [9.17, 15) is 26.4 Å². The van der Waals surface area contributed by atoms with Gasteiger partial charge in [0.25, 0.3) is 5.13 Å². The number of benzene rings is 1. The summed E-state index contributed by atoms with van der Waals surface area (Å²) in [5, 5.41) is 15.1. The molecule has 3 rings (SSSR count). The molecule has 10 nitrogen and oxygen atoms in total. The first-order valence-corrected chi connectivity index (χ1v) is 13.2. The molecule has 1 aliphatic heterocycles. The SMILES string of the molecule is CCCN1CCCc2cc(N=Nc3nnc(C(=O)OC(C)CC)s3)c(NS(=O)(=O)C(F)(F)F)cc21. The van der Waals surface area contributed by atoms with Crippen LogP contribution in [-0.4, -0.2) is 49.3 Å². The maximum atomic E-state index is 13.1. The van der Waals surface area contributed by atoms with Gasteiger partial charge in [0.2, 0.25) is 5.01 Å². The van der Waals surface area contributed by atoms with Crippen molar-refractivity contribution in [3.8, 4) is 0 Å². The van der Waals surface area contributed by atoms with Gasteiger partial charge in [-0.15, -0.1) is 20.4 Å². The predicted molar refractivity (Wildman–Crippen MR) is 125 cm³/mol. The monoisotopic (exact) mass is 534 g/mol. The lowest BCUT2D eigenvalue weighted by atomic mass is 10.00. The number of hydrogen-bond donors (Lipinski definition) is 1. The number of aromatic nitrogens is 2. The van der Waals surface area contributed by atoms with Crippen LogP contribution in [0.3, 0.4) is 0 Å². The van der Waals surface area contributed by atoms with Gasteiger partial charge in [-0.2, -0.15) is 21.6 Å². The van der Waals surface area contributed by atoms with E-state index in [1.807, 2.05) is 18.7 Å². The average molecular weight is 535 g/mol. The van der Waals surface area contributed by atoms with E-state index in [-0.39, 0.29) is 27.6 Å². The highest BCUT2D eigenvalue weighted by atomic mass is 32.2. The van der Waals surface area contributed by atoms with Crippen LogP contribution >= 0.6 is 11.3 Å². The molecule has 2 aromatic rings. The Kier molecular flexibility index (Phi) is 8.30. The zero-order valence-electron chi connectivity index (χ0n) is 19.3. The number of rotatable bonds is 9. The van der Waals surface area contributed by atoms with Crippen molar-refractivity contribution < 1.29 is 31.1 Å². The number of nitrogens with one attached hydrogen (secondary N) is 1. The van der Waals surface area contributed by atoms with Crippen molar-refractivity contribution in [1.82, 2.24) is 10.2 Å². The number of alkyl halides is 3. The van der Waals surface area contributed by atoms with Gasteiger partial charge in [-0.3, -0.25) is 4.72 Å². The number of carbonyl (C=O) groups excluding carboxylic acids is 1. The third-order valence-corrected chi connectivity index (χ3v) is 7.06. The second-order valence-electron chi connectivity index (χ2n) is 7.85. The Bertz CT molecular complexity index is 1200. The summed E-state index contributed by atoms with van der Waals surface area (Å²) in [6, 6.07) is 2.85. The fraction of sp³-hybridized carbons (Fsp3) is 0.550. The molecular weight excluding hydrogens is 509 g/mol. The lowest BCUT2D eigenvalue weighted by Crippen LogP contribution is -2.31. The summed E-state index contributed by atoms with van der Waals surface area (Å²) in [7, 11) is -5.69. The van der Waals surface area contributed by atoms with Crippen molar-refractivity contribution in [1.29, 1.82) is 0 Å². The average Bonchev–Trinajstić information content (AvgIpc) is 3.26. The van der Waals surface area contributed by atoms with Gasteiger partial charge < -0.3 is 9.64 Å². The number of esters is 1. The summed E-state index contributed by atoms with van der Waals surface area (Å²) >= 11 is 0.788. The molecule has 192 valence electrons. The fourth-order valence-electron chi connectivity index (χ4n) is 3.32. The largest absolute Gasteiger partial charge is 0.516 e. The van der Waals surface area contributed by atoms with Crippen molar-refractivity contribution in [3.63, 3.8) is 0 Å². The lowest BCUT2D eigenvalue weighted by molar-refractivity contribution is -0.0429. The summed E-state index contributed by atoms with van der Waals surface area (Å²) in [5.74, 6) is -0.679. The van der Waals surface area contributed by atoms with Gasteiger partial charge in [0, 0.05) is 18.8 Å². The number of anilines is 2. The van der Waals surface area contributed by atoms with E-state index < -0.39 is 21.5 Å². The minimum absolute atomic E-state index is 0.0453. The highest BCUT2D eigenvalue weighted by molar-refractivity contribution is 7.93. The predicted octanol–water partition coefficient (Wildman–Crippen LogP) is 5.33. The minimum Gasteiger partial charge on any atom is -0.457 e. The smallest absolute Gasteiger partial charge is 0.457 e. The molecule has 0 saturated heterocycles. The van der Waals surface area contributed by atoms with Crippen LogP contribution < -0.4 is 9.62 Å². The molecular formula is C20H25F3N6O4S2. The van der Waals surface area contributed by atoms with Crippen molar-refractivity contribution in [2.24, 2.45) is 10.2 Å². The maximum absolute atomic E-state index is 13.1. The number of fused-ring (bicyclic) bond motifs is 1. The second-order valence-corrected chi connectivity index (χ2v) is 10.5. The number of ether oxygens (including phenoxy) is 1. The Labute approximate surface area is 204 Å². The van der Waals surface area contributed by atoms with E-state index in [4.69, 9.17) is 4.74 Å². The molecule has 1 N–H and O–H groups in total. The van der Waals surface area contributed by atoms with E-state index >= 15 is 0 Å². The fourth-order valence-corrected chi connectivity index (χ4v) is 4.43. The molecule has 1 atom stereocenters. The minimum atomic E-state index is -5.69. The lowest BCUT2D eigenvalue weighted by Gasteiger charge is -2.32. The molecule has 0 amide bonds. The first kappa shape index (κ1) is 26.8. The molecule has 0 spiro atoms. The molecule has 0 fully saturated rings. The maximum Gasteiger partial charge on any atom is 0.516 e. The zero-order chi connectivity index (χ0) is 25.8. The van der Waals surface area contributed by atoms with Crippen LogP contribution in [0.4, 0.5) is 35.4 Å². The molecule has 1 aliphatic rings. The Morgan fingerprint density at radius 3 is 2.69 bits per heavy atom. The molecule has 0 aliphatic carbocycles. The Morgan fingerprint density at radius 1 is 1.29 bits per heavy atom. The number of sulfonamides is 1. The molecule has 35 heavy (non-hydrogen) atoms. The number of halogens is 3. The molecule has 1 aromatic heterocycles. The number of nitrogens with zero attached hydrogens (tertiary/aromatic N) is 5. The van der Waals surface area contributed by atoms with Crippen LogP contribution in [0.25, 0.3) is 0 Å². The molecule has 1 unspecified atom stereocenters. The third-order valence-electron chi connectivity index (χ3n) is 5.17. The molecule has 0 saturated carbocycles. The van der Waals surface area contributed by atoms with E-state index in [2.05, 4.69) is 20.4 Å². The van der Waals surface area contributed by atoms with Crippen LogP contribution in [-0.2, 0) is 21.2 Å². The Balaban J connectivity index is 1.96. The van der Waals surface area contributed by atoms with Gasteiger partial charge in [-0.1, -0.05) is 25.2 Å². The summed E-state index contributed by atoms with van der Waals surface area (Å²) in [6.07, 6.45) is 2.58. The van der Waals surface area contributed by atoms with Gasteiger partial charge in [-0.05, 0) is 50.3 Å². The summed E-state index contributed by atoms with van der Waals surface area (Å²) < 4.78 is 69.6. The van der Waals surface area contributed by atoms with Crippen molar-refractivity contribution in [2.75, 3.05) is 22.7 Å². The first-order valence-electron chi connectivity index (χ1n) is 10.9. The second kappa shape index (κ2) is 10.8. The van der Waals surface area contributed by atoms with Gasteiger partial charge in [0.1, 0.15) is 5.69 Å². The Morgan fingerprint density at radius 2 is 2.03 bits per heavy atom. The summed E-state index contributed by atoms with van der Waals surface area (Å²) in [4.78, 5) is 14.1. The number of hydrogen-bond acceptors (Lipinski definition) is 10. The molecule has 0 radical (unpaired) electrons. The van der Waals surface area contributed by atoms with Crippen LogP contribution in [0, 0.1) is 0 Å². The van der Waals surface area contributed by atoms with E-state index in [0.29, 0.717) is 31.6 Å². The van der Waals surface area contributed by atoms with Crippen LogP contribution in [0.5, 0.6) is 0 Å². The Hall–Kier alpha value is -2.81. The first-order chi connectivity index (χ1) is 16.4. The van der Waals surface area contributed by atoms with Gasteiger partial charge in [0.05, 0.1) is 11.8 Å². The van der Waals surface area contributed by atoms with E-state index in [0.717, 1.165) is 29.7 Å². The van der Waals surface area contributed by atoms with Gasteiger partial charge in [-0.25, -0.2) is 4.79 Å². The highest BCUT2D eigenvalue weighted by Gasteiger charge is 2.46. The molecule has 2 heterocycles. The normalized spacial score (nSPS) is 15.2. The topological polar surface area (TPSA) is 126 Å². The number of carbonyl (C=O) groups is 1. The number of aryl methyl sites for hydroxylation is 1. The highest BCUT2D eigenvalue weighted by Crippen LogP contribution is 2.39. The van der Waals surface area contributed by atoms with Crippen LogP contribution in [0.1, 0.15) is 55.4 Å². The van der Waals surface area contributed by atoms with Crippen molar-refractivity contribution in [2.45, 2.75) is 58.1 Å². The van der Waals surface area contributed by atoms with Gasteiger partial charge >= 0.3 is 21.5 Å². The summed E-state index contributed by atoms with van der Waals surface area (Å²) in [6.45, 7) is 6.91. The van der Waals surface area contributed by atoms with Crippen molar-refractivity contribution in [3.05, 3.63) is 22.7 Å². The van der Waals surface area contributed by atoms with E-state index in [1.54, 1.807) is 11.6 Å². The third kappa shape index (κ3) is 6.45. The van der Waals surface area contributed by atoms with Crippen molar-refractivity contribution >= 4 is 49.5 Å². The molecule has 1 aromatic carbocycles. The summed E-state index contributed by atoms with van der Waals surface area (Å²) in [5.41, 5.74) is -4.54. The number of azo groups is 1.